The summed E-state index contributed by atoms with van der Waals surface area (Å²) in [6.45, 7) is 0.383. The van der Waals surface area contributed by atoms with Crippen molar-refractivity contribution >= 4 is 24.5 Å². The van der Waals surface area contributed by atoms with Gasteiger partial charge in [0, 0.05) is 18.2 Å². The highest BCUT2D eigenvalue weighted by molar-refractivity contribution is 7.81. The number of hydrogen-bond donors (Lipinski definition) is 3. The van der Waals surface area contributed by atoms with Crippen LogP contribution in [0.25, 0.3) is 0 Å². The molecule has 15 heavy (non-hydrogen) atoms. The summed E-state index contributed by atoms with van der Waals surface area (Å²) < 4.78 is 0. The Kier molecular flexibility index (Phi) is 2.39. The van der Waals surface area contributed by atoms with Gasteiger partial charge in [-0.1, -0.05) is 0 Å². The smallest absolute Gasteiger partial charge is 0.256 e. The molecular weight excluding hydrogens is 218 g/mol. The molecule has 1 unspecified atom stereocenters. The van der Waals surface area contributed by atoms with Gasteiger partial charge >= 0.3 is 0 Å². The lowest BCUT2D eigenvalue weighted by Gasteiger charge is -2.13. The van der Waals surface area contributed by atoms with Gasteiger partial charge in [0.25, 0.3) is 5.56 Å². The summed E-state index contributed by atoms with van der Waals surface area (Å²) in [6.07, 6.45) is 0.308. The maximum absolute atomic E-state index is 11.4. The molecule has 0 aromatic carbocycles. The lowest BCUT2D eigenvalue weighted by atomic mass is 10.4. The van der Waals surface area contributed by atoms with Crippen LogP contribution in [0, 0.1) is 0 Å². The summed E-state index contributed by atoms with van der Waals surface area (Å²) in [6, 6.07) is 0.947. The van der Waals surface area contributed by atoms with Crippen LogP contribution in [0.15, 0.2) is 10.9 Å². The van der Waals surface area contributed by atoms with Gasteiger partial charge in [0.1, 0.15) is 0 Å². The predicted molar refractivity (Wildman–Crippen MR) is 56.3 cm³/mol. The average Bonchev–Trinajstić information content (AvgIpc) is 2.43. The van der Waals surface area contributed by atoms with Crippen LogP contribution in [-0.4, -0.2) is 32.8 Å². The first-order chi connectivity index (χ1) is 7.06. The van der Waals surface area contributed by atoms with E-state index in [4.69, 9.17) is 5.11 Å². The molecule has 1 amide bonds. The summed E-state index contributed by atoms with van der Waals surface area (Å²) in [4.78, 5) is 29.8. The second-order valence-corrected chi connectivity index (χ2v) is 4.02. The number of aromatic nitrogens is 2. The summed E-state index contributed by atoms with van der Waals surface area (Å²) in [5.74, 6) is -0.491. The van der Waals surface area contributed by atoms with Crippen LogP contribution in [0.2, 0.25) is 0 Å². The molecule has 0 saturated carbocycles. The van der Waals surface area contributed by atoms with Gasteiger partial charge in [0.05, 0.1) is 6.07 Å². The Balaban J connectivity index is 2.37. The van der Waals surface area contributed by atoms with Crippen LogP contribution in [0.3, 0.4) is 0 Å². The first-order valence-corrected chi connectivity index (χ1v) is 4.86. The number of amides is 1. The first-order valence-electron chi connectivity index (χ1n) is 4.35. The fraction of sp³-hybridized carbons (Fsp3) is 0.375. The first kappa shape index (κ1) is 10.0. The standard InChI is InChI=1S/C8H9N3O3S/c12-5-2-6(13)10-8(9-5)11-3-4(15)1-7(11)14/h2,4,15H,1,3H2,(H2,9,10,12,13). The summed E-state index contributed by atoms with van der Waals surface area (Å²) in [5, 5.41) is 9.05. The van der Waals surface area contributed by atoms with E-state index in [1.54, 1.807) is 0 Å². The molecular formula is C8H9N3O3S. The minimum atomic E-state index is -0.493. The van der Waals surface area contributed by atoms with Crippen molar-refractivity contribution in [1.29, 1.82) is 0 Å². The Bertz CT molecular complexity index is 459. The number of nitrogens with one attached hydrogen (secondary N) is 1. The fourth-order valence-corrected chi connectivity index (χ4v) is 1.77. The van der Waals surface area contributed by atoms with Crippen LogP contribution in [0.5, 0.6) is 5.88 Å². The van der Waals surface area contributed by atoms with E-state index in [1.807, 2.05) is 0 Å². The molecule has 1 aliphatic heterocycles. The molecule has 0 aliphatic carbocycles. The van der Waals surface area contributed by atoms with Gasteiger partial charge in [0.2, 0.25) is 17.7 Å². The molecule has 7 heteroatoms. The van der Waals surface area contributed by atoms with E-state index in [2.05, 4.69) is 22.6 Å². The van der Waals surface area contributed by atoms with E-state index in [0.717, 1.165) is 6.07 Å². The molecule has 1 aliphatic rings. The maximum atomic E-state index is 11.4. The zero-order valence-electron chi connectivity index (χ0n) is 7.67. The van der Waals surface area contributed by atoms with Gasteiger partial charge in [-0.15, -0.1) is 0 Å². The molecule has 0 spiro atoms. The third-order valence-electron chi connectivity index (χ3n) is 2.08. The highest BCUT2D eigenvalue weighted by atomic mass is 32.1. The quantitative estimate of drug-likeness (QED) is 0.565. The Hall–Kier alpha value is -1.50. The fourth-order valence-electron chi connectivity index (χ4n) is 1.45. The van der Waals surface area contributed by atoms with Gasteiger partial charge in [0.15, 0.2) is 0 Å². The number of carbonyl (C=O) groups excluding carboxylic acids is 1. The highest BCUT2D eigenvalue weighted by Gasteiger charge is 2.29. The van der Waals surface area contributed by atoms with Gasteiger partial charge < -0.3 is 5.11 Å². The molecule has 1 aromatic heterocycles. The molecule has 2 heterocycles. The molecule has 1 aromatic rings. The van der Waals surface area contributed by atoms with Crippen molar-refractivity contribution in [3.63, 3.8) is 0 Å². The normalized spacial score (nSPS) is 21.0. The zero-order chi connectivity index (χ0) is 11.0. The molecule has 1 atom stereocenters. The number of carbonyl (C=O) groups is 1. The van der Waals surface area contributed by atoms with Crippen molar-refractivity contribution < 1.29 is 9.90 Å². The van der Waals surface area contributed by atoms with Gasteiger partial charge in [-0.2, -0.15) is 17.6 Å². The number of aromatic hydroxyl groups is 1. The van der Waals surface area contributed by atoms with Crippen molar-refractivity contribution in [3.8, 4) is 5.88 Å². The van der Waals surface area contributed by atoms with E-state index >= 15 is 0 Å². The van der Waals surface area contributed by atoms with Crippen LogP contribution >= 0.6 is 12.6 Å². The van der Waals surface area contributed by atoms with E-state index in [0.29, 0.717) is 13.0 Å². The summed E-state index contributed by atoms with van der Waals surface area (Å²) >= 11 is 4.17. The highest BCUT2D eigenvalue weighted by Crippen LogP contribution is 2.20. The minimum Gasteiger partial charge on any atom is -0.493 e. The lowest BCUT2D eigenvalue weighted by molar-refractivity contribution is -0.117. The number of rotatable bonds is 1. The molecule has 1 fully saturated rings. The number of aromatic amines is 1. The van der Waals surface area contributed by atoms with Crippen LogP contribution in [0.1, 0.15) is 6.42 Å². The number of H-pyrrole nitrogens is 1. The number of thiol groups is 1. The van der Waals surface area contributed by atoms with Crippen molar-refractivity contribution in [2.75, 3.05) is 11.4 Å². The van der Waals surface area contributed by atoms with E-state index < -0.39 is 11.4 Å². The van der Waals surface area contributed by atoms with Crippen LogP contribution in [-0.2, 0) is 4.79 Å². The SMILES string of the molecule is O=C1CC(S)CN1c1nc(O)cc(=O)[nH]1. The second-order valence-electron chi connectivity index (χ2n) is 3.29. The third kappa shape index (κ3) is 1.96. The molecule has 2 rings (SSSR count). The predicted octanol–water partition coefficient (Wildman–Crippen LogP) is -0.489. The van der Waals surface area contributed by atoms with E-state index in [-0.39, 0.29) is 17.1 Å². The Morgan fingerprint density at radius 3 is 2.87 bits per heavy atom. The van der Waals surface area contributed by atoms with Crippen molar-refractivity contribution in [1.82, 2.24) is 9.97 Å². The molecule has 0 radical (unpaired) electrons. The van der Waals surface area contributed by atoms with Crippen LogP contribution < -0.4 is 10.5 Å². The van der Waals surface area contributed by atoms with Gasteiger partial charge in [-0.05, 0) is 0 Å². The number of anilines is 1. The van der Waals surface area contributed by atoms with Crippen molar-refractivity contribution in [2.45, 2.75) is 11.7 Å². The Morgan fingerprint density at radius 2 is 2.33 bits per heavy atom. The topological polar surface area (TPSA) is 86.3 Å². The minimum absolute atomic E-state index is 0.0647. The van der Waals surface area contributed by atoms with Gasteiger partial charge in [-0.25, -0.2) is 0 Å². The summed E-state index contributed by atoms with van der Waals surface area (Å²) in [7, 11) is 0. The van der Waals surface area contributed by atoms with Gasteiger partial charge in [-0.3, -0.25) is 19.5 Å². The average molecular weight is 227 g/mol. The summed E-state index contributed by atoms with van der Waals surface area (Å²) in [5.41, 5.74) is -0.493. The van der Waals surface area contributed by atoms with E-state index in [1.165, 1.54) is 4.90 Å². The number of nitrogens with zero attached hydrogens (tertiary/aromatic N) is 2. The monoisotopic (exact) mass is 227 g/mol. The van der Waals surface area contributed by atoms with E-state index in [9.17, 15) is 9.59 Å². The van der Waals surface area contributed by atoms with Crippen molar-refractivity contribution in [2.24, 2.45) is 0 Å². The molecule has 2 N–H and O–H groups in total. The lowest BCUT2D eigenvalue weighted by Crippen LogP contribution is -2.28. The van der Waals surface area contributed by atoms with Crippen molar-refractivity contribution in [3.05, 3.63) is 16.4 Å². The maximum Gasteiger partial charge on any atom is 0.256 e. The van der Waals surface area contributed by atoms with Crippen LogP contribution in [0.4, 0.5) is 5.95 Å². The zero-order valence-corrected chi connectivity index (χ0v) is 8.57. The Morgan fingerprint density at radius 1 is 1.60 bits per heavy atom. The number of hydrogen-bond acceptors (Lipinski definition) is 5. The molecule has 1 saturated heterocycles. The third-order valence-corrected chi connectivity index (χ3v) is 2.42. The Labute approximate surface area is 90.4 Å². The molecule has 6 nitrogen and oxygen atoms in total. The molecule has 80 valence electrons. The largest absolute Gasteiger partial charge is 0.493 e. The molecule has 0 bridgehead atoms. The second kappa shape index (κ2) is 3.58.